The molecule has 0 saturated carbocycles. The van der Waals surface area contributed by atoms with Gasteiger partial charge in [0.05, 0.1) is 5.56 Å². The monoisotopic (exact) mass is 349 g/mol. The summed E-state index contributed by atoms with van der Waals surface area (Å²) < 4.78 is 6.78. The van der Waals surface area contributed by atoms with Crippen LogP contribution in [0.1, 0.15) is 30.9 Å². The summed E-state index contributed by atoms with van der Waals surface area (Å²) in [6, 6.07) is 13.7. The highest BCUT2D eigenvalue weighted by Gasteiger charge is 2.12. The van der Waals surface area contributed by atoms with Crippen molar-refractivity contribution < 1.29 is 4.74 Å². The van der Waals surface area contributed by atoms with Crippen molar-refractivity contribution in [3.63, 3.8) is 0 Å². The number of ether oxygens (including phenoxy) is 1. The van der Waals surface area contributed by atoms with Gasteiger partial charge in [-0.05, 0) is 51.7 Å². The molecule has 0 radical (unpaired) electrons. The molecule has 0 atom stereocenters. The summed E-state index contributed by atoms with van der Waals surface area (Å²) >= 11 is 8.54. The molecular weight excluding hydrogens is 334 g/mol. The molecule has 0 saturated heterocycles. The van der Waals surface area contributed by atoms with E-state index in [-0.39, 0.29) is 0 Å². The zero-order valence-electron chi connectivity index (χ0n) is 11.4. The molecule has 2 aromatic carbocycles. The van der Waals surface area contributed by atoms with Crippen LogP contribution in [0.5, 0.6) is 11.5 Å². The molecule has 2 nitrogen and oxygen atoms in total. The van der Waals surface area contributed by atoms with Gasteiger partial charge < -0.3 is 10.5 Å². The maximum Gasteiger partial charge on any atom is 0.138 e. The fourth-order valence-corrected chi connectivity index (χ4v) is 2.80. The Bertz CT molecular complexity index is 640. The number of benzene rings is 2. The van der Waals surface area contributed by atoms with Crippen LogP contribution < -0.4 is 10.5 Å². The van der Waals surface area contributed by atoms with Gasteiger partial charge in [0.25, 0.3) is 0 Å². The molecule has 0 aliphatic heterocycles. The molecular formula is C16H16BrNOS. The summed E-state index contributed by atoms with van der Waals surface area (Å²) in [6.07, 6.45) is 0. The minimum absolute atomic E-state index is 0.312. The summed E-state index contributed by atoms with van der Waals surface area (Å²) in [5.41, 5.74) is 7.72. The summed E-state index contributed by atoms with van der Waals surface area (Å²) in [4.78, 5) is 0.312. The van der Waals surface area contributed by atoms with Gasteiger partial charge in [-0.3, -0.25) is 0 Å². The van der Waals surface area contributed by atoms with Crippen molar-refractivity contribution >= 4 is 33.1 Å². The first-order valence-electron chi connectivity index (χ1n) is 6.35. The van der Waals surface area contributed by atoms with Gasteiger partial charge >= 0.3 is 0 Å². The van der Waals surface area contributed by atoms with Crippen LogP contribution in [0.2, 0.25) is 0 Å². The molecule has 0 bridgehead atoms. The van der Waals surface area contributed by atoms with Crippen LogP contribution in [0.25, 0.3) is 0 Å². The fourth-order valence-electron chi connectivity index (χ4n) is 1.89. The van der Waals surface area contributed by atoms with Crippen molar-refractivity contribution in [3.8, 4) is 11.5 Å². The van der Waals surface area contributed by atoms with Gasteiger partial charge in [-0.1, -0.05) is 44.3 Å². The molecule has 4 heteroatoms. The third-order valence-electron chi connectivity index (χ3n) is 2.97. The summed E-state index contributed by atoms with van der Waals surface area (Å²) in [6.45, 7) is 4.30. The molecule has 2 rings (SSSR count). The topological polar surface area (TPSA) is 35.2 Å². The van der Waals surface area contributed by atoms with Crippen LogP contribution in [0, 0.1) is 0 Å². The fraction of sp³-hybridized carbons (Fsp3) is 0.188. The molecule has 0 aromatic heterocycles. The SMILES string of the molecule is CC(C)c1cccc(Oc2cccc(Br)c2C(N)=S)c1. The highest BCUT2D eigenvalue weighted by Crippen LogP contribution is 2.31. The first-order chi connectivity index (χ1) is 9.49. The second kappa shape index (κ2) is 6.37. The Labute approximate surface area is 133 Å². The van der Waals surface area contributed by atoms with Gasteiger partial charge in [0, 0.05) is 4.47 Å². The number of thiocarbonyl (C=S) groups is 1. The van der Waals surface area contributed by atoms with Crippen LogP contribution in [0.15, 0.2) is 46.9 Å². The molecule has 0 fully saturated rings. The van der Waals surface area contributed by atoms with E-state index < -0.39 is 0 Å². The van der Waals surface area contributed by atoms with Gasteiger partial charge in [-0.25, -0.2) is 0 Å². The van der Waals surface area contributed by atoms with E-state index in [1.54, 1.807) is 0 Å². The van der Waals surface area contributed by atoms with E-state index >= 15 is 0 Å². The summed E-state index contributed by atoms with van der Waals surface area (Å²) in [5, 5.41) is 0. The van der Waals surface area contributed by atoms with E-state index in [1.807, 2.05) is 36.4 Å². The lowest BCUT2D eigenvalue weighted by molar-refractivity contribution is 0.480. The Morgan fingerprint density at radius 1 is 1.20 bits per heavy atom. The number of nitrogens with two attached hydrogens (primary N) is 1. The average Bonchev–Trinajstić information content (AvgIpc) is 2.38. The highest BCUT2D eigenvalue weighted by molar-refractivity contribution is 9.10. The second-order valence-electron chi connectivity index (χ2n) is 4.81. The van der Waals surface area contributed by atoms with Crippen molar-refractivity contribution in [2.24, 2.45) is 5.73 Å². The Morgan fingerprint density at radius 2 is 1.90 bits per heavy atom. The molecule has 0 aliphatic rings. The van der Waals surface area contributed by atoms with Crippen molar-refractivity contribution in [3.05, 3.63) is 58.1 Å². The highest BCUT2D eigenvalue weighted by atomic mass is 79.9. The van der Waals surface area contributed by atoms with Crippen LogP contribution in [0.3, 0.4) is 0 Å². The molecule has 2 N–H and O–H groups in total. The largest absolute Gasteiger partial charge is 0.457 e. The molecule has 0 heterocycles. The van der Waals surface area contributed by atoms with Gasteiger partial charge in [-0.2, -0.15) is 0 Å². The van der Waals surface area contributed by atoms with Crippen molar-refractivity contribution in [1.82, 2.24) is 0 Å². The number of hydrogen-bond donors (Lipinski definition) is 1. The maximum atomic E-state index is 5.94. The predicted octanol–water partition coefficient (Wildman–Crippen LogP) is 5.00. The lowest BCUT2D eigenvalue weighted by Gasteiger charge is -2.13. The van der Waals surface area contributed by atoms with Crippen LogP contribution >= 0.6 is 28.1 Å². The van der Waals surface area contributed by atoms with E-state index in [4.69, 9.17) is 22.7 Å². The van der Waals surface area contributed by atoms with Crippen molar-refractivity contribution in [2.45, 2.75) is 19.8 Å². The van der Waals surface area contributed by atoms with E-state index in [9.17, 15) is 0 Å². The molecule has 0 unspecified atom stereocenters. The van der Waals surface area contributed by atoms with Crippen molar-refractivity contribution in [2.75, 3.05) is 0 Å². The van der Waals surface area contributed by atoms with E-state index in [0.29, 0.717) is 16.7 Å². The minimum Gasteiger partial charge on any atom is -0.457 e. The summed E-state index contributed by atoms with van der Waals surface area (Å²) in [5.74, 6) is 1.90. The van der Waals surface area contributed by atoms with E-state index in [2.05, 4.69) is 35.8 Å². The quantitative estimate of drug-likeness (QED) is 0.788. The van der Waals surface area contributed by atoms with Crippen LogP contribution in [-0.2, 0) is 0 Å². The van der Waals surface area contributed by atoms with Crippen LogP contribution in [-0.4, -0.2) is 4.99 Å². The zero-order valence-corrected chi connectivity index (χ0v) is 13.8. The number of halogens is 1. The number of rotatable bonds is 4. The predicted molar refractivity (Wildman–Crippen MR) is 90.6 cm³/mol. The zero-order chi connectivity index (χ0) is 14.7. The van der Waals surface area contributed by atoms with Gasteiger partial charge in [0.2, 0.25) is 0 Å². The molecule has 104 valence electrons. The maximum absolute atomic E-state index is 5.94. The van der Waals surface area contributed by atoms with Gasteiger partial charge in [0.15, 0.2) is 0 Å². The molecule has 0 aliphatic carbocycles. The smallest absolute Gasteiger partial charge is 0.138 e. The molecule has 0 amide bonds. The Kier molecular flexibility index (Phi) is 4.78. The molecule has 20 heavy (non-hydrogen) atoms. The lowest BCUT2D eigenvalue weighted by atomic mass is 10.0. The Hall–Kier alpha value is -1.39. The van der Waals surface area contributed by atoms with E-state index in [0.717, 1.165) is 15.8 Å². The van der Waals surface area contributed by atoms with Crippen molar-refractivity contribution in [1.29, 1.82) is 0 Å². The van der Waals surface area contributed by atoms with E-state index in [1.165, 1.54) is 5.56 Å². The minimum atomic E-state index is 0.312. The Morgan fingerprint density at radius 3 is 2.55 bits per heavy atom. The second-order valence-corrected chi connectivity index (χ2v) is 6.10. The first-order valence-corrected chi connectivity index (χ1v) is 7.55. The summed E-state index contributed by atoms with van der Waals surface area (Å²) in [7, 11) is 0. The molecule has 2 aromatic rings. The third kappa shape index (κ3) is 3.38. The lowest BCUT2D eigenvalue weighted by Crippen LogP contribution is -2.11. The average molecular weight is 350 g/mol. The normalized spacial score (nSPS) is 10.6. The third-order valence-corrected chi connectivity index (χ3v) is 3.84. The van der Waals surface area contributed by atoms with Gasteiger partial charge in [-0.15, -0.1) is 0 Å². The first kappa shape index (κ1) is 15.0. The van der Waals surface area contributed by atoms with Crippen LogP contribution in [0.4, 0.5) is 0 Å². The molecule has 0 spiro atoms. The standard InChI is InChI=1S/C16H16BrNOS/c1-10(2)11-5-3-6-12(9-11)19-14-8-4-7-13(17)15(14)16(18)20/h3-10H,1-2H3,(H2,18,20). The number of hydrogen-bond acceptors (Lipinski definition) is 2. The Balaban J connectivity index is 2.38. The van der Waals surface area contributed by atoms with Gasteiger partial charge in [0.1, 0.15) is 16.5 Å².